The monoisotopic (exact) mass is 237 g/mol. The number of esters is 1. The van der Waals surface area contributed by atoms with E-state index >= 15 is 0 Å². The van der Waals surface area contributed by atoms with Crippen LogP contribution in [0.15, 0.2) is 24.3 Å². The zero-order valence-corrected chi connectivity index (χ0v) is 10.5. The van der Waals surface area contributed by atoms with Gasteiger partial charge in [-0.3, -0.25) is 10.5 Å². The first-order valence-corrected chi connectivity index (χ1v) is 5.55. The summed E-state index contributed by atoms with van der Waals surface area (Å²) in [5.41, 5.74) is 5.64. The van der Waals surface area contributed by atoms with E-state index in [0.717, 1.165) is 5.56 Å². The number of carbonyl (C=O) groups is 1. The van der Waals surface area contributed by atoms with Gasteiger partial charge >= 0.3 is 5.97 Å². The van der Waals surface area contributed by atoms with Crippen molar-refractivity contribution in [1.82, 2.24) is 0 Å². The molecule has 0 unspecified atom stereocenters. The van der Waals surface area contributed by atoms with Crippen molar-refractivity contribution >= 4 is 5.97 Å². The molecule has 1 aromatic rings. The number of nitrogens with two attached hydrogens (primary N) is 1. The summed E-state index contributed by atoms with van der Waals surface area (Å²) in [6, 6.07) is 7.30. The van der Waals surface area contributed by atoms with Crippen LogP contribution >= 0.6 is 0 Å². The number of hydrogen-bond donors (Lipinski definition) is 1. The van der Waals surface area contributed by atoms with Crippen LogP contribution in [0.1, 0.15) is 26.3 Å². The van der Waals surface area contributed by atoms with Crippen molar-refractivity contribution in [2.75, 3.05) is 6.73 Å². The summed E-state index contributed by atoms with van der Waals surface area (Å²) in [7, 11) is 0. The Balaban J connectivity index is 2.71. The summed E-state index contributed by atoms with van der Waals surface area (Å²) < 4.78 is 10.5. The summed E-state index contributed by atoms with van der Waals surface area (Å²) in [5, 5.41) is 0. The van der Waals surface area contributed by atoms with E-state index in [9.17, 15) is 4.79 Å². The van der Waals surface area contributed by atoms with E-state index in [1.165, 1.54) is 0 Å². The van der Waals surface area contributed by atoms with Gasteiger partial charge in [-0.25, -0.2) is 0 Å². The van der Waals surface area contributed by atoms with Gasteiger partial charge in [0.15, 0.2) is 0 Å². The van der Waals surface area contributed by atoms with E-state index in [-0.39, 0.29) is 19.1 Å². The van der Waals surface area contributed by atoms with Crippen molar-refractivity contribution in [2.24, 2.45) is 5.73 Å². The molecule has 94 valence electrons. The molecule has 0 aliphatic heterocycles. The van der Waals surface area contributed by atoms with Gasteiger partial charge in [0.1, 0.15) is 18.1 Å². The molecule has 4 heteroatoms. The Morgan fingerprint density at radius 1 is 1.29 bits per heavy atom. The summed E-state index contributed by atoms with van der Waals surface area (Å²) in [4.78, 5) is 11.7. The predicted molar refractivity (Wildman–Crippen MR) is 65.7 cm³/mol. The Morgan fingerprint density at radius 3 is 2.53 bits per heavy atom. The maximum Gasteiger partial charge on any atom is 0.310 e. The molecule has 0 heterocycles. The first kappa shape index (κ1) is 13.5. The number of para-hydroxylation sites is 1. The molecule has 17 heavy (non-hydrogen) atoms. The first-order valence-electron chi connectivity index (χ1n) is 5.55. The van der Waals surface area contributed by atoms with Crippen LogP contribution < -0.4 is 10.5 Å². The maximum absolute atomic E-state index is 11.7. The minimum absolute atomic E-state index is 0.0886. The highest BCUT2D eigenvalue weighted by atomic mass is 16.6. The van der Waals surface area contributed by atoms with Gasteiger partial charge in [-0.2, -0.15) is 0 Å². The topological polar surface area (TPSA) is 61.5 Å². The third-order valence-electron chi connectivity index (χ3n) is 1.97. The Hall–Kier alpha value is -1.55. The molecule has 1 rings (SSSR count). The van der Waals surface area contributed by atoms with E-state index in [2.05, 4.69) is 0 Å². The van der Waals surface area contributed by atoms with Crippen molar-refractivity contribution in [3.63, 3.8) is 0 Å². The molecule has 0 atom stereocenters. The van der Waals surface area contributed by atoms with Gasteiger partial charge < -0.3 is 9.47 Å². The summed E-state index contributed by atoms with van der Waals surface area (Å²) in [6.45, 7) is 5.61. The molecule has 0 amide bonds. The molecule has 0 saturated heterocycles. The van der Waals surface area contributed by atoms with Gasteiger partial charge in [0.2, 0.25) is 0 Å². The van der Waals surface area contributed by atoms with Gasteiger partial charge in [-0.05, 0) is 26.8 Å². The van der Waals surface area contributed by atoms with E-state index in [1.54, 1.807) is 6.07 Å². The lowest BCUT2D eigenvalue weighted by molar-refractivity contribution is -0.153. The smallest absolute Gasteiger partial charge is 0.310 e. The van der Waals surface area contributed by atoms with E-state index < -0.39 is 5.60 Å². The predicted octanol–water partition coefficient (Wildman–Crippen LogP) is 1.87. The molecule has 4 nitrogen and oxygen atoms in total. The van der Waals surface area contributed by atoms with Crippen molar-refractivity contribution < 1.29 is 14.3 Å². The summed E-state index contributed by atoms with van der Waals surface area (Å²) in [5.74, 6) is 0.353. The van der Waals surface area contributed by atoms with Crippen LogP contribution in [0.4, 0.5) is 0 Å². The molecular weight excluding hydrogens is 218 g/mol. The van der Waals surface area contributed by atoms with Crippen LogP contribution in [-0.4, -0.2) is 18.3 Å². The van der Waals surface area contributed by atoms with Gasteiger partial charge in [-0.15, -0.1) is 0 Å². The van der Waals surface area contributed by atoms with Crippen molar-refractivity contribution in [1.29, 1.82) is 0 Å². The van der Waals surface area contributed by atoms with Crippen molar-refractivity contribution in [2.45, 2.75) is 32.8 Å². The average molecular weight is 237 g/mol. The summed E-state index contributed by atoms with van der Waals surface area (Å²) >= 11 is 0. The second kappa shape index (κ2) is 5.68. The largest absolute Gasteiger partial charge is 0.478 e. The molecule has 0 aliphatic rings. The normalized spacial score (nSPS) is 11.1. The zero-order chi connectivity index (χ0) is 12.9. The highest BCUT2D eigenvalue weighted by molar-refractivity contribution is 5.74. The number of rotatable bonds is 4. The molecule has 1 aromatic carbocycles. The zero-order valence-electron chi connectivity index (χ0n) is 10.5. The molecule has 0 bridgehead atoms. The Bertz CT molecular complexity index is 382. The van der Waals surface area contributed by atoms with Crippen LogP contribution in [-0.2, 0) is 16.0 Å². The van der Waals surface area contributed by atoms with Crippen LogP contribution in [0.25, 0.3) is 0 Å². The lowest BCUT2D eigenvalue weighted by atomic mass is 10.1. The molecule has 0 radical (unpaired) electrons. The average Bonchev–Trinajstić information content (AvgIpc) is 2.18. The molecule has 0 aromatic heterocycles. The SMILES string of the molecule is CC(C)(C)OC(=O)Cc1ccccc1OCN. The Morgan fingerprint density at radius 2 is 1.94 bits per heavy atom. The quantitative estimate of drug-likeness (QED) is 0.641. The van der Waals surface area contributed by atoms with Crippen LogP contribution in [0.5, 0.6) is 5.75 Å². The number of ether oxygens (including phenoxy) is 2. The second-order valence-electron chi connectivity index (χ2n) is 4.68. The van der Waals surface area contributed by atoms with Crippen molar-refractivity contribution in [3.8, 4) is 5.75 Å². The van der Waals surface area contributed by atoms with E-state index in [1.807, 2.05) is 39.0 Å². The number of benzene rings is 1. The van der Waals surface area contributed by atoms with Gasteiger partial charge in [-0.1, -0.05) is 18.2 Å². The molecular formula is C13H19NO3. The maximum atomic E-state index is 11.7. The summed E-state index contributed by atoms with van der Waals surface area (Å²) in [6.07, 6.45) is 0.188. The molecule has 0 aliphatic carbocycles. The number of hydrogen-bond acceptors (Lipinski definition) is 4. The fourth-order valence-electron chi connectivity index (χ4n) is 1.41. The van der Waals surface area contributed by atoms with Crippen LogP contribution in [0, 0.1) is 0 Å². The van der Waals surface area contributed by atoms with E-state index in [0.29, 0.717) is 5.75 Å². The van der Waals surface area contributed by atoms with Gasteiger partial charge in [0.25, 0.3) is 0 Å². The molecule has 0 spiro atoms. The highest BCUT2D eigenvalue weighted by Crippen LogP contribution is 2.19. The molecule has 0 fully saturated rings. The third kappa shape index (κ3) is 4.87. The van der Waals surface area contributed by atoms with Crippen LogP contribution in [0.2, 0.25) is 0 Å². The van der Waals surface area contributed by atoms with Gasteiger partial charge in [0.05, 0.1) is 6.42 Å². The molecule has 0 saturated carbocycles. The first-order chi connectivity index (χ1) is 7.92. The minimum Gasteiger partial charge on any atom is -0.478 e. The fourth-order valence-corrected chi connectivity index (χ4v) is 1.41. The standard InChI is InChI=1S/C13H19NO3/c1-13(2,3)17-12(15)8-10-6-4-5-7-11(10)16-9-14/h4-7H,8-9,14H2,1-3H3. The second-order valence-corrected chi connectivity index (χ2v) is 4.68. The third-order valence-corrected chi connectivity index (χ3v) is 1.97. The molecule has 2 N–H and O–H groups in total. The lowest BCUT2D eigenvalue weighted by Crippen LogP contribution is -2.25. The van der Waals surface area contributed by atoms with Gasteiger partial charge in [0, 0.05) is 5.56 Å². The Labute approximate surface area is 102 Å². The van der Waals surface area contributed by atoms with E-state index in [4.69, 9.17) is 15.2 Å². The Kier molecular flexibility index (Phi) is 4.52. The minimum atomic E-state index is -0.471. The van der Waals surface area contributed by atoms with Crippen molar-refractivity contribution in [3.05, 3.63) is 29.8 Å². The lowest BCUT2D eigenvalue weighted by Gasteiger charge is -2.19. The highest BCUT2D eigenvalue weighted by Gasteiger charge is 2.17. The van der Waals surface area contributed by atoms with Crippen LogP contribution in [0.3, 0.4) is 0 Å². The fraction of sp³-hybridized carbons (Fsp3) is 0.462. The number of carbonyl (C=O) groups excluding carboxylic acids is 1.